The van der Waals surface area contributed by atoms with Crippen molar-refractivity contribution in [2.24, 2.45) is 4.99 Å². The van der Waals surface area contributed by atoms with Crippen LogP contribution in [-0.2, 0) is 11.3 Å². The van der Waals surface area contributed by atoms with Crippen molar-refractivity contribution in [3.8, 4) is 5.75 Å². The molecule has 28 heavy (non-hydrogen) atoms. The van der Waals surface area contributed by atoms with Crippen molar-refractivity contribution in [2.45, 2.75) is 19.6 Å². The third-order valence-electron chi connectivity index (χ3n) is 3.94. The Bertz CT molecular complexity index is 596. The van der Waals surface area contributed by atoms with Crippen molar-refractivity contribution in [1.82, 2.24) is 15.5 Å². The van der Waals surface area contributed by atoms with Gasteiger partial charge in [-0.25, -0.2) is 4.99 Å². The van der Waals surface area contributed by atoms with Gasteiger partial charge < -0.3 is 20.1 Å². The van der Waals surface area contributed by atoms with Crippen LogP contribution in [0.5, 0.6) is 5.75 Å². The number of hydrogen-bond donors (Lipinski definition) is 2. The number of alkyl halides is 3. The summed E-state index contributed by atoms with van der Waals surface area (Å²) in [5, 5.41) is 6.39. The van der Waals surface area contributed by atoms with E-state index in [4.69, 9.17) is 9.47 Å². The lowest BCUT2D eigenvalue weighted by atomic mass is 10.2. The third kappa shape index (κ3) is 9.78. The van der Waals surface area contributed by atoms with Crippen LogP contribution < -0.4 is 15.4 Å². The van der Waals surface area contributed by atoms with Crippen molar-refractivity contribution >= 4 is 29.9 Å². The van der Waals surface area contributed by atoms with Gasteiger partial charge in [-0.3, -0.25) is 4.90 Å². The molecule has 0 bridgehead atoms. The molecule has 2 N–H and O–H groups in total. The van der Waals surface area contributed by atoms with Crippen molar-refractivity contribution in [1.29, 1.82) is 0 Å². The molecule has 1 saturated heterocycles. The van der Waals surface area contributed by atoms with Crippen LogP contribution in [-0.4, -0.2) is 69.6 Å². The fourth-order valence-corrected chi connectivity index (χ4v) is 2.60. The van der Waals surface area contributed by atoms with Crippen LogP contribution >= 0.6 is 24.0 Å². The topological polar surface area (TPSA) is 58.1 Å². The molecule has 0 radical (unpaired) electrons. The molecule has 0 aromatic heterocycles. The first-order valence-corrected chi connectivity index (χ1v) is 9.07. The summed E-state index contributed by atoms with van der Waals surface area (Å²) >= 11 is 0. The van der Waals surface area contributed by atoms with E-state index in [2.05, 4.69) is 20.5 Å². The number of nitrogens with one attached hydrogen (secondary N) is 2. The van der Waals surface area contributed by atoms with Gasteiger partial charge in [0, 0.05) is 38.3 Å². The Morgan fingerprint density at radius 3 is 2.61 bits per heavy atom. The Morgan fingerprint density at radius 1 is 1.21 bits per heavy atom. The van der Waals surface area contributed by atoms with Crippen LogP contribution in [0.3, 0.4) is 0 Å². The standard InChI is InChI=1S/C18H27F3N4O2.HI/c1-2-22-17(23-7-8-25-9-11-26-12-10-25)24-13-15-5-3-4-6-16(15)27-14-18(19,20)21;/h3-6H,2,7-14H2,1H3,(H2,22,23,24);1H. The summed E-state index contributed by atoms with van der Waals surface area (Å²) in [7, 11) is 0. The molecule has 0 aliphatic carbocycles. The monoisotopic (exact) mass is 516 g/mol. The summed E-state index contributed by atoms with van der Waals surface area (Å²) in [6.07, 6.45) is -4.37. The molecule has 1 aromatic rings. The molecular formula is C18H28F3IN4O2. The van der Waals surface area contributed by atoms with Gasteiger partial charge >= 0.3 is 6.18 Å². The Balaban J connectivity index is 0.00000392. The number of aliphatic imine (C=N–C) groups is 1. The predicted molar refractivity (Wildman–Crippen MR) is 113 cm³/mol. The first-order valence-electron chi connectivity index (χ1n) is 9.07. The first-order chi connectivity index (χ1) is 13.0. The van der Waals surface area contributed by atoms with Crippen LogP contribution in [0.15, 0.2) is 29.3 Å². The van der Waals surface area contributed by atoms with Crippen molar-refractivity contribution < 1.29 is 22.6 Å². The lowest BCUT2D eigenvalue weighted by molar-refractivity contribution is -0.153. The maximum absolute atomic E-state index is 12.4. The second-order valence-electron chi connectivity index (χ2n) is 6.09. The van der Waals surface area contributed by atoms with Gasteiger partial charge in [0.15, 0.2) is 12.6 Å². The zero-order chi connectivity index (χ0) is 19.5. The van der Waals surface area contributed by atoms with Crippen molar-refractivity contribution in [3.05, 3.63) is 29.8 Å². The van der Waals surface area contributed by atoms with Crippen LogP contribution in [0, 0.1) is 0 Å². The zero-order valence-electron chi connectivity index (χ0n) is 15.9. The predicted octanol–water partition coefficient (Wildman–Crippen LogP) is 2.63. The second kappa shape index (κ2) is 13.0. The van der Waals surface area contributed by atoms with Gasteiger partial charge in [0.2, 0.25) is 0 Å². The number of benzene rings is 1. The van der Waals surface area contributed by atoms with Gasteiger partial charge in [-0.15, -0.1) is 24.0 Å². The number of para-hydroxylation sites is 1. The highest BCUT2D eigenvalue weighted by Crippen LogP contribution is 2.22. The van der Waals surface area contributed by atoms with Crippen LogP contribution in [0.25, 0.3) is 0 Å². The molecule has 0 amide bonds. The molecule has 6 nitrogen and oxygen atoms in total. The molecule has 0 spiro atoms. The lowest BCUT2D eigenvalue weighted by Crippen LogP contribution is -2.44. The molecule has 10 heteroatoms. The minimum Gasteiger partial charge on any atom is -0.484 e. The minimum atomic E-state index is -4.37. The fourth-order valence-electron chi connectivity index (χ4n) is 2.60. The van der Waals surface area contributed by atoms with E-state index in [1.807, 2.05) is 6.92 Å². The van der Waals surface area contributed by atoms with Crippen molar-refractivity contribution in [3.63, 3.8) is 0 Å². The average Bonchev–Trinajstić information content (AvgIpc) is 2.65. The highest BCUT2D eigenvalue weighted by molar-refractivity contribution is 14.0. The number of ether oxygens (including phenoxy) is 2. The van der Waals surface area contributed by atoms with Crippen LogP contribution in [0.4, 0.5) is 13.2 Å². The Kier molecular flexibility index (Phi) is 11.5. The molecule has 0 atom stereocenters. The Hall–Kier alpha value is -1.27. The molecule has 2 rings (SSSR count). The summed E-state index contributed by atoms with van der Waals surface area (Å²) in [5.41, 5.74) is 0.604. The Morgan fingerprint density at radius 2 is 1.93 bits per heavy atom. The van der Waals surface area contributed by atoms with Gasteiger partial charge in [0.1, 0.15) is 5.75 Å². The molecule has 1 aliphatic heterocycles. The van der Waals surface area contributed by atoms with Crippen LogP contribution in [0.1, 0.15) is 12.5 Å². The smallest absolute Gasteiger partial charge is 0.422 e. The number of rotatable bonds is 8. The molecule has 1 heterocycles. The quantitative estimate of drug-likeness (QED) is 0.316. The van der Waals surface area contributed by atoms with E-state index >= 15 is 0 Å². The van der Waals surface area contributed by atoms with E-state index in [1.165, 1.54) is 6.07 Å². The van der Waals surface area contributed by atoms with Gasteiger partial charge in [0.25, 0.3) is 0 Å². The molecular weight excluding hydrogens is 488 g/mol. The van der Waals surface area contributed by atoms with E-state index in [0.29, 0.717) is 18.1 Å². The molecule has 0 saturated carbocycles. The van der Waals surface area contributed by atoms with Crippen molar-refractivity contribution in [2.75, 3.05) is 52.5 Å². The summed E-state index contributed by atoms with van der Waals surface area (Å²) < 4.78 is 47.4. The number of morpholine rings is 1. The normalized spacial score (nSPS) is 15.6. The highest BCUT2D eigenvalue weighted by Gasteiger charge is 2.28. The number of hydrogen-bond acceptors (Lipinski definition) is 4. The summed E-state index contributed by atoms with van der Waals surface area (Å²) in [6.45, 7) is 6.49. The van der Waals surface area contributed by atoms with E-state index in [-0.39, 0.29) is 36.3 Å². The average molecular weight is 516 g/mol. The van der Waals surface area contributed by atoms with E-state index in [0.717, 1.165) is 39.4 Å². The SMILES string of the molecule is CCNC(=NCc1ccccc1OCC(F)(F)F)NCCN1CCOCC1.I. The summed E-state index contributed by atoms with van der Waals surface area (Å²) in [4.78, 5) is 6.77. The molecule has 160 valence electrons. The first kappa shape index (κ1) is 24.8. The lowest BCUT2D eigenvalue weighted by Gasteiger charge is -2.26. The second-order valence-corrected chi connectivity index (χ2v) is 6.09. The fraction of sp³-hybridized carbons (Fsp3) is 0.611. The summed E-state index contributed by atoms with van der Waals surface area (Å²) in [5.74, 6) is 0.819. The maximum atomic E-state index is 12.4. The van der Waals surface area contributed by atoms with E-state index < -0.39 is 12.8 Å². The number of nitrogens with zero attached hydrogens (tertiary/aromatic N) is 2. The van der Waals surface area contributed by atoms with E-state index in [1.54, 1.807) is 18.2 Å². The van der Waals surface area contributed by atoms with Crippen LogP contribution in [0.2, 0.25) is 0 Å². The number of guanidine groups is 1. The number of halogens is 4. The minimum absolute atomic E-state index is 0. The van der Waals surface area contributed by atoms with Gasteiger partial charge in [-0.1, -0.05) is 18.2 Å². The molecule has 1 aromatic carbocycles. The maximum Gasteiger partial charge on any atom is 0.422 e. The Labute approximate surface area is 180 Å². The van der Waals surface area contributed by atoms with Gasteiger partial charge in [-0.05, 0) is 13.0 Å². The third-order valence-corrected chi connectivity index (χ3v) is 3.94. The largest absolute Gasteiger partial charge is 0.484 e. The van der Waals surface area contributed by atoms with E-state index in [9.17, 15) is 13.2 Å². The molecule has 1 fully saturated rings. The highest BCUT2D eigenvalue weighted by atomic mass is 127. The van der Waals surface area contributed by atoms with Gasteiger partial charge in [0.05, 0.1) is 19.8 Å². The summed E-state index contributed by atoms with van der Waals surface area (Å²) in [6, 6.07) is 6.64. The zero-order valence-corrected chi connectivity index (χ0v) is 18.3. The molecule has 0 unspecified atom stereocenters. The van der Waals surface area contributed by atoms with Gasteiger partial charge in [-0.2, -0.15) is 13.2 Å². The molecule has 1 aliphatic rings.